The van der Waals surface area contributed by atoms with Crippen LogP contribution >= 0.6 is 11.6 Å². The first-order valence-electron chi connectivity index (χ1n) is 4.75. The summed E-state index contributed by atoms with van der Waals surface area (Å²) < 4.78 is 31.3. The molecule has 0 aliphatic rings. The first-order valence-corrected chi connectivity index (χ1v) is 5.12. The van der Waals surface area contributed by atoms with Gasteiger partial charge in [-0.25, -0.2) is 8.78 Å². The van der Waals surface area contributed by atoms with Gasteiger partial charge in [-0.3, -0.25) is 0 Å². The molecule has 0 heterocycles. The SMILES string of the molecule is Nc1cccc(Cl)c1Oc1ccc(F)cc1F. The highest BCUT2D eigenvalue weighted by molar-refractivity contribution is 6.32. The van der Waals surface area contributed by atoms with E-state index < -0.39 is 11.6 Å². The van der Waals surface area contributed by atoms with Gasteiger partial charge in [0.05, 0.1) is 10.7 Å². The zero-order valence-electron chi connectivity index (χ0n) is 8.58. The molecule has 0 atom stereocenters. The van der Waals surface area contributed by atoms with Gasteiger partial charge in [0.1, 0.15) is 5.82 Å². The van der Waals surface area contributed by atoms with E-state index in [2.05, 4.69) is 0 Å². The Kier molecular flexibility index (Phi) is 3.15. The number of hydrogen-bond acceptors (Lipinski definition) is 2. The number of anilines is 1. The van der Waals surface area contributed by atoms with Crippen molar-refractivity contribution in [2.24, 2.45) is 0 Å². The number of ether oxygens (including phenoxy) is 1. The zero-order chi connectivity index (χ0) is 12.4. The van der Waals surface area contributed by atoms with Gasteiger partial charge in [0, 0.05) is 6.07 Å². The first kappa shape index (κ1) is 11.7. The molecule has 0 fully saturated rings. The molecule has 0 bridgehead atoms. The molecule has 0 saturated heterocycles. The summed E-state index contributed by atoms with van der Waals surface area (Å²) in [6.45, 7) is 0. The quantitative estimate of drug-likeness (QED) is 0.824. The topological polar surface area (TPSA) is 35.2 Å². The Morgan fingerprint density at radius 2 is 1.88 bits per heavy atom. The molecule has 5 heteroatoms. The summed E-state index contributed by atoms with van der Waals surface area (Å²) in [4.78, 5) is 0. The normalized spacial score (nSPS) is 10.3. The molecule has 2 aromatic carbocycles. The van der Waals surface area contributed by atoms with Gasteiger partial charge in [-0.05, 0) is 24.3 Å². The van der Waals surface area contributed by atoms with Crippen LogP contribution in [0.1, 0.15) is 0 Å². The van der Waals surface area contributed by atoms with E-state index >= 15 is 0 Å². The van der Waals surface area contributed by atoms with E-state index in [-0.39, 0.29) is 22.2 Å². The highest BCUT2D eigenvalue weighted by Crippen LogP contribution is 2.35. The Bertz CT molecular complexity index is 540. The van der Waals surface area contributed by atoms with Crippen molar-refractivity contribution in [1.29, 1.82) is 0 Å². The molecule has 0 aromatic heterocycles. The molecule has 0 unspecified atom stereocenters. The molecule has 0 spiro atoms. The molecule has 2 N–H and O–H groups in total. The van der Waals surface area contributed by atoms with Gasteiger partial charge in [-0.15, -0.1) is 0 Å². The van der Waals surface area contributed by atoms with Crippen LogP contribution in [0.25, 0.3) is 0 Å². The fraction of sp³-hybridized carbons (Fsp3) is 0. The van der Waals surface area contributed by atoms with E-state index in [0.717, 1.165) is 12.1 Å². The average Bonchev–Trinajstić information content (AvgIpc) is 2.26. The van der Waals surface area contributed by atoms with E-state index in [0.29, 0.717) is 0 Å². The number of para-hydroxylation sites is 1. The average molecular weight is 256 g/mol. The van der Waals surface area contributed by atoms with Crippen molar-refractivity contribution in [3.8, 4) is 11.5 Å². The summed E-state index contributed by atoms with van der Waals surface area (Å²) in [7, 11) is 0. The second-order valence-corrected chi connectivity index (χ2v) is 3.74. The minimum atomic E-state index is -0.815. The van der Waals surface area contributed by atoms with Gasteiger partial charge in [0.2, 0.25) is 0 Å². The third-order valence-corrected chi connectivity index (χ3v) is 2.40. The number of nitrogens with two attached hydrogens (primary N) is 1. The fourth-order valence-corrected chi connectivity index (χ4v) is 1.52. The van der Waals surface area contributed by atoms with Crippen LogP contribution in [0.5, 0.6) is 11.5 Å². The number of nitrogen functional groups attached to an aromatic ring is 1. The summed E-state index contributed by atoms with van der Waals surface area (Å²) in [5, 5.41) is 0.258. The molecule has 2 aromatic rings. The van der Waals surface area contributed by atoms with Gasteiger partial charge >= 0.3 is 0 Å². The molecule has 17 heavy (non-hydrogen) atoms. The summed E-state index contributed by atoms with van der Waals surface area (Å²) in [6.07, 6.45) is 0. The number of benzene rings is 2. The lowest BCUT2D eigenvalue weighted by Gasteiger charge is -2.10. The second-order valence-electron chi connectivity index (χ2n) is 3.33. The lowest BCUT2D eigenvalue weighted by atomic mass is 10.3. The van der Waals surface area contributed by atoms with Crippen molar-refractivity contribution < 1.29 is 13.5 Å². The largest absolute Gasteiger partial charge is 0.451 e. The van der Waals surface area contributed by atoms with Crippen molar-refractivity contribution in [3.05, 3.63) is 53.1 Å². The second kappa shape index (κ2) is 4.59. The lowest BCUT2D eigenvalue weighted by molar-refractivity contribution is 0.439. The Labute approximate surface area is 102 Å². The molecule has 88 valence electrons. The first-order chi connectivity index (χ1) is 8.08. The van der Waals surface area contributed by atoms with Crippen LogP contribution in [-0.2, 0) is 0 Å². The number of rotatable bonds is 2. The molecular formula is C12H8ClF2NO. The molecule has 0 aliphatic carbocycles. The number of halogens is 3. The molecule has 0 amide bonds. The predicted molar refractivity (Wildman–Crippen MR) is 62.3 cm³/mol. The van der Waals surface area contributed by atoms with Crippen LogP contribution in [0.3, 0.4) is 0 Å². The van der Waals surface area contributed by atoms with Crippen LogP contribution in [0.4, 0.5) is 14.5 Å². The molecule has 0 saturated carbocycles. The van der Waals surface area contributed by atoms with Gasteiger partial charge in [0.15, 0.2) is 17.3 Å². The van der Waals surface area contributed by atoms with E-state index in [1.165, 1.54) is 6.07 Å². The summed E-state index contributed by atoms with van der Waals surface area (Å²) in [5.41, 5.74) is 5.92. The summed E-state index contributed by atoms with van der Waals surface area (Å²) >= 11 is 5.86. The maximum absolute atomic E-state index is 13.4. The third-order valence-electron chi connectivity index (χ3n) is 2.10. The van der Waals surface area contributed by atoms with Crippen LogP contribution in [0.2, 0.25) is 5.02 Å². The zero-order valence-corrected chi connectivity index (χ0v) is 9.34. The molecule has 2 rings (SSSR count). The highest BCUT2D eigenvalue weighted by atomic mass is 35.5. The van der Waals surface area contributed by atoms with Crippen LogP contribution in [0, 0.1) is 11.6 Å². The molecule has 0 radical (unpaired) electrons. The maximum Gasteiger partial charge on any atom is 0.169 e. The maximum atomic E-state index is 13.4. The third kappa shape index (κ3) is 2.47. The minimum Gasteiger partial charge on any atom is -0.451 e. The minimum absolute atomic E-state index is 0.133. The van der Waals surface area contributed by atoms with Crippen molar-refractivity contribution in [3.63, 3.8) is 0 Å². The van der Waals surface area contributed by atoms with Crippen molar-refractivity contribution in [2.75, 3.05) is 5.73 Å². The summed E-state index contributed by atoms with van der Waals surface area (Å²) in [5.74, 6) is -1.47. The number of hydrogen-bond donors (Lipinski definition) is 1. The Balaban J connectivity index is 2.38. The van der Waals surface area contributed by atoms with Gasteiger partial charge < -0.3 is 10.5 Å². The van der Waals surface area contributed by atoms with E-state index in [4.69, 9.17) is 22.1 Å². The van der Waals surface area contributed by atoms with E-state index in [9.17, 15) is 8.78 Å². The van der Waals surface area contributed by atoms with E-state index in [1.54, 1.807) is 18.2 Å². The molecule has 2 nitrogen and oxygen atoms in total. The van der Waals surface area contributed by atoms with Gasteiger partial charge in [-0.1, -0.05) is 17.7 Å². The molecular weight excluding hydrogens is 248 g/mol. The Morgan fingerprint density at radius 1 is 1.12 bits per heavy atom. The molecule has 0 aliphatic heterocycles. The monoisotopic (exact) mass is 255 g/mol. The fourth-order valence-electron chi connectivity index (χ4n) is 1.30. The van der Waals surface area contributed by atoms with Gasteiger partial charge in [0.25, 0.3) is 0 Å². The van der Waals surface area contributed by atoms with E-state index in [1.807, 2.05) is 0 Å². The van der Waals surface area contributed by atoms with Crippen LogP contribution in [-0.4, -0.2) is 0 Å². The van der Waals surface area contributed by atoms with Crippen molar-refractivity contribution in [2.45, 2.75) is 0 Å². The predicted octanol–water partition coefficient (Wildman–Crippen LogP) is 3.99. The lowest BCUT2D eigenvalue weighted by Crippen LogP contribution is -1.94. The van der Waals surface area contributed by atoms with Gasteiger partial charge in [-0.2, -0.15) is 0 Å². The van der Waals surface area contributed by atoms with Crippen LogP contribution in [0.15, 0.2) is 36.4 Å². The van der Waals surface area contributed by atoms with Crippen LogP contribution < -0.4 is 10.5 Å². The standard InChI is InChI=1S/C12H8ClF2NO/c13-8-2-1-3-10(16)12(8)17-11-5-4-7(14)6-9(11)15/h1-6H,16H2. The van der Waals surface area contributed by atoms with Crippen molar-refractivity contribution in [1.82, 2.24) is 0 Å². The van der Waals surface area contributed by atoms with Crippen molar-refractivity contribution >= 4 is 17.3 Å². The smallest absolute Gasteiger partial charge is 0.169 e. The Morgan fingerprint density at radius 3 is 2.53 bits per heavy atom. The Hall–Kier alpha value is -1.81. The highest BCUT2D eigenvalue weighted by Gasteiger charge is 2.11. The summed E-state index contributed by atoms with van der Waals surface area (Å²) in [6, 6.07) is 7.77.